The molecule has 0 amide bonds. The Morgan fingerprint density at radius 3 is 1.38 bits per heavy atom. The molecule has 1 heterocycles. The van der Waals surface area contributed by atoms with Gasteiger partial charge in [0.25, 0.3) is 0 Å². The zero-order valence-electron chi connectivity index (χ0n) is 40.8. The molecule has 1 aliphatic rings. The highest BCUT2D eigenvalue weighted by atomic mass is 16.7. The van der Waals surface area contributed by atoms with Crippen LogP contribution in [0.5, 0.6) is 0 Å². The predicted molar refractivity (Wildman–Crippen MR) is 261 cm³/mol. The number of hydrogen-bond donors (Lipinski definition) is 4. The van der Waals surface area contributed by atoms with Crippen LogP contribution in [0.3, 0.4) is 0 Å². The molecule has 0 bridgehead atoms. The number of allylic oxidation sites excluding steroid dienone is 6. The first-order valence-electron chi connectivity index (χ1n) is 26.6. The first-order chi connectivity index (χ1) is 30.9. The summed E-state index contributed by atoms with van der Waals surface area (Å²) in [6, 6.07) is 0. The molecular formula is C54H100O9. The largest absolute Gasteiger partial charge is 0.457 e. The van der Waals surface area contributed by atoms with Crippen molar-refractivity contribution in [1.82, 2.24) is 0 Å². The summed E-state index contributed by atoms with van der Waals surface area (Å²) in [4.78, 5) is 12.8. The Balaban J connectivity index is 2.20. The maximum absolute atomic E-state index is 12.8. The Morgan fingerprint density at radius 1 is 0.508 bits per heavy atom. The summed E-state index contributed by atoms with van der Waals surface area (Å²) in [5, 5.41) is 40.3. The van der Waals surface area contributed by atoms with Gasteiger partial charge in [-0.05, 0) is 70.6 Å². The normalized spacial score (nSPS) is 19.9. The number of hydrogen-bond acceptors (Lipinski definition) is 9. The molecule has 1 saturated heterocycles. The molecule has 1 fully saturated rings. The fourth-order valence-electron chi connectivity index (χ4n) is 8.11. The summed E-state index contributed by atoms with van der Waals surface area (Å²) in [5.41, 5.74) is 0. The number of unbranched alkanes of at least 4 members (excludes halogenated alkanes) is 29. The first-order valence-corrected chi connectivity index (χ1v) is 26.6. The van der Waals surface area contributed by atoms with Gasteiger partial charge in [-0.2, -0.15) is 0 Å². The van der Waals surface area contributed by atoms with Gasteiger partial charge in [0.2, 0.25) is 0 Å². The van der Waals surface area contributed by atoms with Gasteiger partial charge in [0, 0.05) is 13.0 Å². The smallest absolute Gasteiger partial charge is 0.306 e. The van der Waals surface area contributed by atoms with Crippen molar-refractivity contribution in [3.05, 3.63) is 36.5 Å². The molecule has 9 nitrogen and oxygen atoms in total. The molecule has 6 atom stereocenters. The fourth-order valence-corrected chi connectivity index (χ4v) is 8.11. The van der Waals surface area contributed by atoms with Crippen molar-refractivity contribution in [2.24, 2.45) is 0 Å². The number of carbonyl (C=O) groups is 1. The molecule has 370 valence electrons. The van der Waals surface area contributed by atoms with Gasteiger partial charge in [-0.25, -0.2) is 0 Å². The molecule has 0 spiro atoms. The van der Waals surface area contributed by atoms with Gasteiger partial charge in [-0.3, -0.25) is 4.79 Å². The molecule has 0 aromatic rings. The second-order valence-corrected chi connectivity index (χ2v) is 18.3. The number of ether oxygens (including phenoxy) is 4. The van der Waals surface area contributed by atoms with Crippen molar-refractivity contribution >= 4 is 5.97 Å². The van der Waals surface area contributed by atoms with Gasteiger partial charge in [-0.15, -0.1) is 0 Å². The Kier molecular flexibility index (Phi) is 43.0. The number of carbonyl (C=O) groups excluding carboxylic acids is 1. The van der Waals surface area contributed by atoms with E-state index in [0.29, 0.717) is 13.0 Å². The molecule has 0 aromatic carbocycles. The Bertz CT molecular complexity index is 1060. The third-order valence-electron chi connectivity index (χ3n) is 12.3. The SMILES string of the molecule is CCCCCCC/C=C\C/C=C\CCCCCCCCCCCC(=O)OC(COCCCCCCCCCC/C=C\CCCCCCCCC)COC1OC(CO)C(O)C(O)C1O. The van der Waals surface area contributed by atoms with Crippen molar-refractivity contribution in [3.8, 4) is 0 Å². The number of esters is 1. The molecule has 0 aliphatic carbocycles. The van der Waals surface area contributed by atoms with E-state index >= 15 is 0 Å². The van der Waals surface area contributed by atoms with Crippen LogP contribution in [-0.4, -0.2) is 89.6 Å². The van der Waals surface area contributed by atoms with Crippen molar-refractivity contribution in [1.29, 1.82) is 0 Å². The number of aliphatic hydroxyl groups excluding tert-OH is 4. The second-order valence-electron chi connectivity index (χ2n) is 18.3. The minimum Gasteiger partial charge on any atom is -0.457 e. The van der Waals surface area contributed by atoms with Crippen LogP contribution in [0.4, 0.5) is 0 Å². The second kappa shape index (κ2) is 45.6. The van der Waals surface area contributed by atoms with Crippen LogP contribution in [0, 0.1) is 0 Å². The molecule has 1 aliphatic heterocycles. The van der Waals surface area contributed by atoms with Crippen LogP contribution in [0.25, 0.3) is 0 Å². The van der Waals surface area contributed by atoms with E-state index < -0.39 is 43.4 Å². The van der Waals surface area contributed by atoms with Gasteiger partial charge < -0.3 is 39.4 Å². The van der Waals surface area contributed by atoms with Crippen LogP contribution in [0.1, 0.15) is 239 Å². The monoisotopic (exact) mass is 893 g/mol. The van der Waals surface area contributed by atoms with Crippen molar-refractivity contribution in [2.75, 3.05) is 26.4 Å². The highest BCUT2D eigenvalue weighted by Gasteiger charge is 2.44. The molecular weight excluding hydrogens is 793 g/mol. The van der Waals surface area contributed by atoms with Crippen molar-refractivity contribution in [3.63, 3.8) is 0 Å². The molecule has 63 heavy (non-hydrogen) atoms. The first kappa shape index (κ1) is 59.4. The number of aliphatic hydroxyl groups is 4. The van der Waals surface area contributed by atoms with Crippen LogP contribution in [-0.2, 0) is 23.7 Å². The average Bonchev–Trinajstić information content (AvgIpc) is 3.28. The van der Waals surface area contributed by atoms with Crippen LogP contribution in [0.2, 0.25) is 0 Å². The highest BCUT2D eigenvalue weighted by molar-refractivity contribution is 5.69. The standard InChI is InChI=1S/C54H100O9/c1-3-5-7-9-11-13-15-17-19-21-23-24-25-27-29-31-33-35-37-39-41-43-50(56)62-48(47-61-54-53(59)52(58)51(57)49(45-55)63-54)46-60-44-42-40-38-36-34-32-30-28-26-22-20-18-16-14-12-10-8-6-4-2/h15,17,20-23,48-49,51-55,57-59H,3-14,16,18-19,24-47H2,1-2H3/b17-15-,22-20-,23-21-. The summed E-state index contributed by atoms with van der Waals surface area (Å²) in [5.74, 6) is -0.316. The van der Waals surface area contributed by atoms with Crippen LogP contribution < -0.4 is 0 Å². The lowest BCUT2D eigenvalue weighted by atomic mass is 9.99. The summed E-state index contributed by atoms with van der Waals surface area (Å²) in [6.07, 6.45) is 48.9. The summed E-state index contributed by atoms with van der Waals surface area (Å²) in [7, 11) is 0. The molecule has 0 saturated carbocycles. The minimum absolute atomic E-state index is 0.115. The fraction of sp³-hybridized carbons (Fsp3) is 0.870. The maximum atomic E-state index is 12.8. The molecule has 6 unspecified atom stereocenters. The average molecular weight is 893 g/mol. The minimum atomic E-state index is -1.54. The van der Waals surface area contributed by atoms with Gasteiger partial charge in [-0.1, -0.05) is 198 Å². The molecule has 1 rings (SSSR count). The van der Waals surface area contributed by atoms with E-state index in [4.69, 9.17) is 18.9 Å². The van der Waals surface area contributed by atoms with E-state index in [1.807, 2.05) is 0 Å². The highest BCUT2D eigenvalue weighted by Crippen LogP contribution is 2.23. The van der Waals surface area contributed by atoms with Crippen LogP contribution >= 0.6 is 0 Å². The van der Waals surface area contributed by atoms with Crippen molar-refractivity contribution in [2.45, 2.75) is 275 Å². The lowest BCUT2D eigenvalue weighted by molar-refractivity contribution is -0.305. The quantitative estimate of drug-likeness (QED) is 0.0268. The van der Waals surface area contributed by atoms with Crippen molar-refractivity contribution < 1.29 is 44.2 Å². The van der Waals surface area contributed by atoms with Gasteiger partial charge in [0.1, 0.15) is 30.5 Å². The molecule has 9 heteroatoms. The zero-order chi connectivity index (χ0) is 45.7. The Morgan fingerprint density at radius 2 is 0.921 bits per heavy atom. The van der Waals surface area contributed by atoms with E-state index in [9.17, 15) is 25.2 Å². The molecule has 0 aromatic heterocycles. The van der Waals surface area contributed by atoms with Gasteiger partial charge >= 0.3 is 5.97 Å². The van der Waals surface area contributed by atoms with E-state index in [1.165, 1.54) is 180 Å². The lowest BCUT2D eigenvalue weighted by Crippen LogP contribution is -2.59. The third-order valence-corrected chi connectivity index (χ3v) is 12.3. The summed E-state index contributed by atoms with van der Waals surface area (Å²) in [6.45, 7) is 4.57. The topological polar surface area (TPSA) is 135 Å². The molecule has 0 radical (unpaired) electrons. The predicted octanol–water partition coefficient (Wildman–Crippen LogP) is 13.1. The third kappa shape index (κ3) is 36.2. The Labute approximate surface area is 387 Å². The number of rotatable bonds is 46. The maximum Gasteiger partial charge on any atom is 0.306 e. The molecule has 4 N–H and O–H groups in total. The van der Waals surface area contributed by atoms with E-state index in [1.54, 1.807) is 0 Å². The summed E-state index contributed by atoms with van der Waals surface area (Å²) < 4.78 is 22.9. The van der Waals surface area contributed by atoms with Gasteiger partial charge in [0.05, 0.1) is 19.8 Å². The van der Waals surface area contributed by atoms with E-state index in [-0.39, 0.29) is 19.2 Å². The summed E-state index contributed by atoms with van der Waals surface area (Å²) >= 11 is 0. The van der Waals surface area contributed by atoms with E-state index in [0.717, 1.165) is 38.5 Å². The Hall–Kier alpha value is -1.59. The lowest BCUT2D eigenvalue weighted by Gasteiger charge is -2.39. The van der Waals surface area contributed by atoms with Crippen LogP contribution in [0.15, 0.2) is 36.5 Å². The van der Waals surface area contributed by atoms with Gasteiger partial charge in [0.15, 0.2) is 6.29 Å². The zero-order valence-corrected chi connectivity index (χ0v) is 40.8. The van der Waals surface area contributed by atoms with E-state index in [2.05, 4.69) is 50.3 Å².